The monoisotopic (exact) mass is 361 g/mol. The van der Waals surface area contributed by atoms with Crippen molar-refractivity contribution in [3.8, 4) is 11.3 Å². The number of thiophene rings is 1. The molecule has 0 aliphatic heterocycles. The second-order valence-electron chi connectivity index (χ2n) is 5.67. The summed E-state index contributed by atoms with van der Waals surface area (Å²) in [7, 11) is 0. The van der Waals surface area contributed by atoms with E-state index in [1.165, 1.54) is 11.3 Å². The number of nitrogens with zero attached hydrogens (tertiary/aromatic N) is 3. The van der Waals surface area contributed by atoms with Crippen molar-refractivity contribution in [3.05, 3.63) is 71.6 Å². The highest BCUT2D eigenvalue weighted by molar-refractivity contribution is 7.21. The summed E-state index contributed by atoms with van der Waals surface area (Å²) in [6, 6.07) is 11.3. The van der Waals surface area contributed by atoms with Crippen molar-refractivity contribution in [1.29, 1.82) is 0 Å². The first-order valence-corrected chi connectivity index (χ1v) is 8.80. The van der Waals surface area contributed by atoms with Gasteiger partial charge in [-0.1, -0.05) is 6.07 Å². The Labute approximate surface area is 153 Å². The molecule has 0 radical (unpaired) electrons. The predicted molar refractivity (Wildman–Crippen MR) is 103 cm³/mol. The number of rotatable bonds is 4. The zero-order valence-corrected chi connectivity index (χ0v) is 14.5. The van der Waals surface area contributed by atoms with Crippen LogP contribution in [0.1, 0.15) is 15.2 Å². The van der Waals surface area contributed by atoms with Gasteiger partial charge in [0.1, 0.15) is 9.71 Å². The van der Waals surface area contributed by atoms with E-state index in [4.69, 9.17) is 5.73 Å². The normalized spacial score (nSPS) is 10.8. The zero-order chi connectivity index (χ0) is 17.9. The van der Waals surface area contributed by atoms with Crippen LogP contribution in [0, 0.1) is 0 Å². The molecule has 0 fully saturated rings. The average Bonchev–Trinajstić information content (AvgIpc) is 3.04. The van der Waals surface area contributed by atoms with E-state index in [9.17, 15) is 4.79 Å². The standard InChI is InChI=1S/C19H15N5OS/c20-16-14-3-4-15(13-5-8-21-9-6-13)24-19(14)26-17(16)18(25)23-11-12-2-1-7-22-10-12/h1-10H,11,20H2,(H,23,25). The Morgan fingerprint density at radius 3 is 2.69 bits per heavy atom. The lowest BCUT2D eigenvalue weighted by Gasteiger charge is -2.04. The van der Waals surface area contributed by atoms with Gasteiger partial charge in [-0.25, -0.2) is 4.98 Å². The number of fused-ring (bicyclic) bond motifs is 1. The van der Waals surface area contributed by atoms with Crippen LogP contribution < -0.4 is 11.1 Å². The average molecular weight is 361 g/mol. The minimum Gasteiger partial charge on any atom is -0.397 e. The molecule has 0 saturated carbocycles. The van der Waals surface area contributed by atoms with E-state index >= 15 is 0 Å². The predicted octanol–water partition coefficient (Wildman–Crippen LogP) is 3.27. The topological polar surface area (TPSA) is 93.8 Å². The summed E-state index contributed by atoms with van der Waals surface area (Å²) in [4.78, 5) is 26.4. The molecule has 3 N–H and O–H groups in total. The summed E-state index contributed by atoms with van der Waals surface area (Å²) in [6.07, 6.45) is 6.86. The van der Waals surface area contributed by atoms with Crippen LogP contribution in [0.5, 0.6) is 0 Å². The molecule has 4 heterocycles. The number of carbonyl (C=O) groups is 1. The largest absolute Gasteiger partial charge is 0.397 e. The lowest BCUT2D eigenvalue weighted by atomic mass is 10.1. The third-order valence-electron chi connectivity index (χ3n) is 3.95. The van der Waals surface area contributed by atoms with Gasteiger partial charge in [-0.2, -0.15) is 0 Å². The third-order valence-corrected chi connectivity index (χ3v) is 5.07. The molecule has 0 aromatic carbocycles. The van der Waals surface area contributed by atoms with Crippen molar-refractivity contribution in [3.63, 3.8) is 0 Å². The summed E-state index contributed by atoms with van der Waals surface area (Å²) < 4.78 is 0. The number of amides is 1. The van der Waals surface area contributed by atoms with Gasteiger partial charge in [-0.05, 0) is 35.9 Å². The molecule has 0 aliphatic carbocycles. The molecule has 4 aromatic heterocycles. The molecule has 0 atom stereocenters. The molecule has 0 spiro atoms. The number of hydrogen-bond acceptors (Lipinski definition) is 6. The van der Waals surface area contributed by atoms with Gasteiger partial charge in [0.2, 0.25) is 0 Å². The summed E-state index contributed by atoms with van der Waals surface area (Å²) in [5, 5.41) is 3.67. The van der Waals surface area contributed by atoms with Gasteiger partial charge in [0.15, 0.2) is 0 Å². The van der Waals surface area contributed by atoms with Gasteiger partial charge >= 0.3 is 0 Å². The van der Waals surface area contributed by atoms with Crippen molar-refractivity contribution in [2.24, 2.45) is 0 Å². The van der Waals surface area contributed by atoms with Gasteiger partial charge < -0.3 is 11.1 Å². The smallest absolute Gasteiger partial charge is 0.263 e. The van der Waals surface area contributed by atoms with Crippen LogP contribution in [-0.4, -0.2) is 20.9 Å². The highest BCUT2D eigenvalue weighted by atomic mass is 32.1. The van der Waals surface area contributed by atoms with Gasteiger partial charge in [0.05, 0.1) is 11.4 Å². The van der Waals surface area contributed by atoms with Gasteiger partial charge in [-0.15, -0.1) is 11.3 Å². The number of anilines is 1. The molecular weight excluding hydrogens is 346 g/mol. The van der Waals surface area contributed by atoms with E-state index in [-0.39, 0.29) is 5.91 Å². The molecule has 1 amide bonds. The molecule has 26 heavy (non-hydrogen) atoms. The Morgan fingerprint density at radius 2 is 1.92 bits per heavy atom. The molecule has 4 rings (SSSR count). The van der Waals surface area contributed by atoms with Crippen LogP contribution in [0.25, 0.3) is 21.5 Å². The minimum atomic E-state index is -0.209. The Hall–Kier alpha value is -3.32. The summed E-state index contributed by atoms with van der Waals surface area (Å²) >= 11 is 1.30. The summed E-state index contributed by atoms with van der Waals surface area (Å²) in [5.41, 5.74) is 9.37. The van der Waals surface area contributed by atoms with E-state index < -0.39 is 0 Å². The second kappa shape index (κ2) is 6.89. The first-order valence-electron chi connectivity index (χ1n) is 7.99. The zero-order valence-electron chi connectivity index (χ0n) is 13.7. The maximum atomic E-state index is 12.5. The maximum absolute atomic E-state index is 12.5. The van der Waals surface area contributed by atoms with Crippen molar-refractivity contribution < 1.29 is 4.79 Å². The molecule has 0 bridgehead atoms. The quantitative estimate of drug-likeness (QED) is 0.582. The molecule has 4 aromatic rings. The number of nitrogens with two attached hydrogens (primary N) is 1. The number of aromatic nitrogens is 3. The number of hydrogen-bond donors (Lipinski definition) is 2. The van der Waals surface area contributed by atoms with E-state index in [0.29, 0.717) is 17.1 Å². The fourth-order valence-corrected chi connectivity index (χ4v) is 3.62. The Bertz CT molecular complexity index is 1060. The van der Waals surface area contributed by atoms with E-state index in [2.05, 4.69) is 20.3 Å². The van der Waals surface area contributed by atoms with Crippen molar-refractivity contribution in [2.75, 3.05) is 5.73 Å². The highest BCUT2D eigenvalue weighted by Crippen LogP contribution is 2.34. The van der Waals surface area contributed by atoms with Crippen LogP contribution in [0.15, 0.2) is 61.2 Å². The van der Waals surface area contributed by atoms with Crippen molar-refractivity contribution >= 4 is 33.1 Å². The highest BCUT2D eigenvalue weighted by Gasteiger charge is 2.17. The van der Waals surface area contributed by atoms with E-state index in [0.717, 1.165) is 27.0 Å². The van der Waals surface area contributed by atoms with Gasteiger partial charge in [0.25, 0.3) is 5.91 Å². The molecule has 0 aliphatic rings. The lowest BCUT2D eigenvalue weighted by molar-refractivity contribution is 0.0956. The summed E-state index contributed by atoms with van der Waals surface area (Å²) in [5.74, 6) is -0.209. The van der Waals surface area contributed by atoms with Crippen molar-refractivity contribution in [2.45, 2.75) is 6.54 Å². The fraction of sp³-hybridized carbons (Fsp3) is 0.0526. The SMILES string of the molecule is Nc1c(C(=O)NCc2cccnc2)sc2nc(-c3ccncc3)ccc12. The minimum absolute atomic E-state index is 0.209. The lowest BCUT2D eigenvalue weighted by Crippen LogP contribution is -2.22. The first kappa shape index (κ1) is 16.2. The Balaban J connectivity index is 1.61. The Morgan fingerprint density at radius 1 is 1.08 bits per heavy atom. The Kier molecular flexibility index (Phi) is 4.28. The third kappa shape index (κ3) is 3.12. The number of pyridine rings is 3. The van der Waals surface area contributed by atoms with E-state index in [1.54, 1.807) is 24.8 Å². The van der Waals surface area contributed by atoms with Crippen LogP contribution in [-0.2, 0) is 6.54 Å². The number of nitrogen functional groups attached to an aromatic ring is 1. The first-order chi connectivity index (χ1) is 12.7. The van der Waals surface area contributed by atoms with Crippen LogP contribution in [0.4, 0.5) is 5.69 Å². The summed E-state index contributed by atoms with van der Waals surface area (Å²) in [6.45, 7) is 0.399. The molecule has 6 nitrogen and oxygen atoms in total. The van der Waals surface area contributed by atoms with Crippen LogP contribution in [0.3, 0.4) is 0 Å². The maximum Gasteiger partial charge on any atom is 0.263 e. The van der Waals surface area contributed by atoms with Crippen molar-refractivity contribution in [1.82, 2.24) is 20.3 Å². The van der Waals surface area contributed by atoms with Crippen LogP contribution in [0.2, 0.25) is 0 Å². The molecule has 0 saturated heterocycles. The molecule has 128 valence electrons. The number of nitrogens with one attached hydrogen (secondary N) is 1. The van der Waals surface area contributed by atoms with Gasteiger partial charge in [0, 0.05) is 42.3 Å². The second-order valence-corrected chi connectivity index (χ2v) is 6.67. The van der Waals surface area contributed by atoms with Gasteiger partial charge in [-0.3, -0.25) is 14.8 Å². The fourth-order valence-electron chi connectivity index (χ4n) is 2.61. The van der Waals surface area contributed by atoms with E-state index in [1.807, 2.05) is 36.4 Å². The van der Waals surface area contributed by atoms with Crippen LogP contribution >= 0.6 is 11.3 Å². The number of carbonyl (C=O) groups excluding carboxylic acids is 1. The molecule has 0 unspecified atom stereocenters. The molecular formula is C19H15N5OS. The molecule has 7 heteroatoms.